The van der Waals surface area contributed by atoms with Crippen molar-refractivity contribution in [3.05, 3.63) is 77.9 Å². The van der Waals surface area contributed by atoms with Gasteiger partial charge in [0, 0.05) is 38.2 Å². The van der Waals surface area contributed by atoms with Crippen molar-refractivity contribution in [2.75, 3.05) is 32.8 Å². The molecule has 160 valence electrons. The molecular formula is C26H28N2O3. The fraction of sp³-hybridized carbons (Fsp3) is 0.308. The number of piperazine rings is 1. The van der Waals surface area contributed by atoms with Gasteiger partial charge in [0.1, 0.15) is 5.75 Å². The van der Waals surface area contributed by atoms with Gasteiger partial charge in [-0.05, 0) is 42.3 Å². The summed E-state index contributed by atoms with van der Waals surface area (Å²) in [5.74, 6) is 0.999. The van der Waals surface area contributed by atoms with Crippen LogP contribution in [0.25, 0.3) is 10.8 Å². The van der Waals surface area contributed by atoms with Crippen LogP contribution < -0.4 is 4.74 Å². The van der Waals surface area contributed by atoms with Crippen molar-refractivity contribution in [2.24, 2.45) is 0 Å². The molecule has 0 aromatic heterocycles. The van der Waals surface area contributed by atoms with Crippen LogP contribution in [0.15, 0.2) is 66.7 Å². The van der Waals surface area contributed by atoms with E-state index >= 15 is 0 Å². The van der Waals surface area contributed by atoms with Crippen LogP contribution in [-0.2, 0) is 4.79 Å². The molecule has 0 bridgehead atoms. The number of amides is 2. The van der Waals surface area contributed by atoms with E-state index in [1.165, 1.54) is 5.56 Å². The van der Waals surface area contributed by atoms with E-state index in [9.17, 15) is 9.59 Å². The average Bonchev–Trinajstić information content (AvgIpc) is 2.82. The molecule has 0 unspecified atom stereocenters. The topological polar surface area (TPSA) is 49.9 Å². The second kappa shape index (κ2) is 9.65. The summed E-state index contributed by atoms with van der Waals surface area (Å²) < 4.78 is 5.71. The minimum atomic E-state index is 0.0374. The third kappa shape index (κ3) is 5.05. The van der Waals surface area contributed by atoms with Gasteiger partial charge >= 0.3 is 0 Å². The zero-order valence-corrected chi connectivity index (χ0v) is 17.9. The van der Waals surface area contributed by atoms with E-state index in [1.54, 1.807) is 0 Å². The van der Waals surface area contributed by atoms with Gasteiger partial charge < -0.3 is 14.5 Å². The van der Waals surface area contributed by atoms with Crippen LogP contribution in [0.4, 0.5) is 0 Å². The number of ether oxygens (including phenoxy) is 1. The molecule has 1 heterocycles. The molecule has 3 aromatic carbocycles. The summed E-state index contributed by atoms with van der Waals surface area (Å²) in [5.41, 5.74) is 1.92. The Labute approximate surface area is 183 Å². The summed E-state index contributed by atoms with van der Waals surface area (Å²) in [4.78, 5) is 29.3. The summed E-state index contributed by atoms with van der Waals surface area (Å²) >= 11 is 0. The number of hydrogen-bond acceptors (Lipinski definition) is 3. The summed E-state index contributed by atoms with van der Waals surface area (Å²) in [6.07, 6.45) is 1.14. The molecule has 1 aliphatic rings. The molecule has 0 atom stereocenters. The van der Waals surface area contributed by atoms with E-state index in [4.69, 9.17) is 4.74 Å². The first-order valence-electron chi connectivity index (χ1n) is 10.9. The highest BCUT2D eigenvalue weighted by atomic mass is 16.5. The van der Waals surface area contributed by atoms with Crippen molar-refractivity contribution in [3.63, 3.8) is 0 Å². The van der Waals surface area contributed by atoms with Crippen molar-refractivity contribution in [1.29, 1.82) is 0 Å². The maximum Gasteiger partial charge on any atom is 0.254 e. The molecule has 1 aliphatic heterocycles. The monoisotopic (exact) mass is 416 g/mol. The number of hydrogen-bond donors (Lipinski definition) is 0. The van der Waals surface area contributed by atoms with Crippen LogP contribution >= 0.6 is 0 Å². The fourth-order valence-corrected chi connectivity index (χ4v) is 3.95. The minimum Gasteiger partial charge on any atom is -0.494 e. The van der Waals surface area contributed by atoms with Crippen LogP contribution in [0.2, 0.25) is 0 Å². The van der Waals surface area contributed by atoms with Gasteiger partial charge in [-0.25, -0.2) is 0 Å². The van der Waals surface area contributed by atoms with Gasteiger partial charge in [-0.2, -0.15) is 0 Å². The van der Waals surface area contributed by atoms with E-state index < -0.39 is 0 Å². The highest BCUT2D eigenvalue weighted by Crippen LogP contribution is 2.21. The summed E-state index contributed by atoms with van der Waals surface area (Å²) in [7, 11) is 0. The Hall–Kier alpha value is -3.34. The van der Waals surface area contributed by atoms with E-state index in [0.29, 0.717) is 45.6 Å². The Morgan fingerprint density at radius 1 is 0.839 bits per heavy atom. The summed E-state index contributed by atoms with van der Waals surface area (Å²) in [6.45, 7) is 4.84. The lowest BCUT2D eigenvalue weighted by atomic mass is 10.0. The summed E-state index contributed by atoms with van der Waals surface area (Å²) in [6, 6.07) is 21.7. The number of fused-ring (bicyclic) bond motifs is 1. The summed E-state index contributed by atoms with van der Waals surface area (Å²) in [5, 5.41) is 2.04. The maximum atomic E-state index is 13.1. The second-order valence-electron chi connectivity index (χ2n) is 7.96. The molecule has 3 aromatic rings. The van der Waals surface area contributed by atoms with Crippen LogP contribution in [0.5, 0.6) is 5.75 Å². The molecule has 31 heavy (non-hydrogen) atoms. The number of nitrogens with zero attached hydrogens (tertiary/aromatic N) is 2. The maximum absolute atomic E-state index is 13.1. The van der Waals surface area contributed by atoms with E-state index in [1.807, 2.05) is 83.5 Å². The number of carbonyl (C=O) groups is 2. The molecule has 1 fully saturated rings. The van der Waals surface area contributed by atoms with Crippen molar-refractivity contribution in [1.82, 2.24) is 9.80 Å². The highest BCUT2D eigenvalue weighted by molar-refractivity contribution is 6.07. The number of aryl methyl sites for hydroxylation is 1. The standard InChI is InChI=1S/C26H28N2O3/c1-20-11-13-22(14-12-20)31-19-5-10-25(29)27-15-17-28(18-16-27)26(30)24-9-4-7-21-6-2-3-8-23(21)24/h2-4,6-9,11-14H,5,10,15-19H2,1H3. The highest BCUT2D eigenvalue weighted by Gasteiger charge is 2.25. The van der Waals surface area contributed by atoms with E-state index in [2.05, 4.69) is 0 Å². The Kier molecular flexibility index (Phi) is 6.51. The van der Waals surface area contributed by atoms with Crippen LogP contribution in [0, 0.1) is 6.92 Å². The molecule has 2 amide bonds. The molecule has 5 heteroatoms. The zero-order valence-electron chi connectivity index (χ0n) is 17.9. The lowest BCUT2D eigenvalue weighted by Crippen LogP contribution is -2.50. The van der Waals surface area contributed by atoms with E-state index in [-0.39, 0.29) is 11.8 Å². The normalized spacial score (nSPS) is 14.0. The van der Waals surface area contributed by atoms with E-state index in [0.717, 1.165) is 22.1 Å². The van der Waals surface area contributed by atoms with Crippen LogP contribution in [0.3, 0.4) is 0 Å². The first-order chi connectivity index (χ1) is 15.1. The molecule has 1 saturated heterocycles. The Balaban J connectivity index is 1.24. The lowest BCUT2D eigenvalue weighted by Gasteiger charge is -2.35. The average molecular weight is 417 g/mol. The predicted octanol–water partition coefficient (Wildman–Crippen LogP) is 4.29. The Morgan fingerprint density at radius 2 is 1.52 bits per heavy atom. The van der Waals surface area contributed by atoms with Gasteiger partial charge in [0.05, 0.1) is 6.61 Å². The fourth-order valence-electron chi connectivity index (χ4n) is 3.95. The number of carbonyl (C=O) groups excluding carboxylic acids is 2. The number of rotatable bonds is 6. The van der Waals surface area contributed by atoms with Gasteiger partial charge in [0.25, 0.3) is 5.91 Å². The minimum absolute atomic E-state index is 0.0374. The molecule has 0 saturated carbocycles. The van der Waals surface area contributed by atoms with Crippen molar-refractivity contribution in [3.8, 4) is 5.75 Å². The molecule has 0 aliphatic carbocycles. The first kappa shape index (κ1) is 20.9. The second-order valence-corrected chi connectivity index (χ2v) is 7.96. The number of benzene rings is 3. The molecule has 4 rings (SSSR count). The lowest BCUT2D eigenvalue weighted by molar-refractivity contribution is -0.132. The van der Waals surface area contributed by atoms with Crippen LogP contribution in [0.1, 0.15) is 28.8 Å². The van der Waals surface area contributed by atoms with Gasteiger partial charge in [-0.15, -0.1) is 0 Å². The van der Waals surface area contributed by atoms with Gasteiger partial charge in [0.15, 0.2) is 0 Å². The molecule has 0 N–H and O–H groups in total. The largest absolute Gasteiger partial charge is 0.494 e. The molecule has 5 nitrogen and oxygen atoms in total. The van der Waals surface area contributed by atoms with Gasteiger partial charge in [-0.3, -0.25) is 9.59 Å². The molecular weight excluding hydrogens is 388 g/mol. The molecule has 0 spiro atoms. The van der Waals surface area contributed by atoms with Crippen molar-refractivity contribution < 1.29 is 14.3 Å². The first-order valence-corrected chi connectivity index (χ1v) is 10.9. The Bertz CT molecular complexity index is 1050. The Morgan fingerprint density at radius 3 is 2.29 bits per heavy atom. The smallest absolute Gasteiger partial charge is 0.254 e. The van der Waals surface area contributed by atoms with Crippen molar-refractivity contribution in [2.45, 2.75) is 19.8 Å². The van der Waals surface area contributed by atoms with Gasteiger partial charge in [-0.1, -0.05) is 54.1 Å². The zero-order chi connectivity index (χ0) is 21.6. The third-order valence-electron chi connectivity index (χ3n) is 5.76. The van der Waals surface area contributed by atoms with Crippen LogP contribution in [-0.4, -0.2) is 54.4 Å². The third-order valence-corrected chi connectivity index (χ3v) is 5.76. The van der Waals surface area contributed by atoms with Crippen molar-refractivity contribution >= 4 is 22.6 Å². The quantitative estimate of drug-likeness (QED) is 0.563. The van der Waals surface area contributed by atoms with Gasteiger partial charge in [0.2, 0.25) is 5.91 Å². The predicted molar refractivity (Wildman–Crippen MR) is 122 cm³/mol. The SMILES string of the molecule is Cc1ccc(OCCCC(=O)N2CCN(C(=O)c3cccc4ccccc34)CC2)cc1. The molecule has 0 radical (unpaired) electrons.